The van der Waals surface area contributed by atoms with Gasteiger partial charge in [-0.1, -0.05) is 24.3 Å². The van der Waals surface area contributed by atoms with Gasteiger partial charge in [0, 0.05) is 63.3 Å². The maximum Gasteiger partial charge on any atom is 0.244 e. The standard InChI is InChI=1S/C23H28N6O/c1-17-5-2-3-6-19(17)23-20-15-27(12-7-21-24-9-10-25-21)13-18(20)14-29(23)22(30)16-28-11-4-8-26-28/h2-6,8-11,18,20,23H,7,12-16H2,1H3,(H,24,25)/t18-,20-,23+/m0/s1. The maximum atomic E-state index is 13.2. The van der Waals surface area contributed by atoms with E-state index in [2.05, 4.69) is 56.1 Å². The van der Waals surface area contributed by atoms with Crippen LogP contribution in [0.5, 0.6) is 0 Å². The van der Waals surface area contributed by atoms with Crippen LogP contribution in [0.4, 0.5) is 0 Å². The van der Waals surface area contributed by atoms with Crippen molar-refractivity contribution in [1.82, 2.24) is 29.5 Å². The second-order valence-electron chi connectivity index (χ2n) is 8.52. The molecule has 0 radical (unpaired) electrons. The Hall–Kier alpha value is -2.93. The Labute approximate surface area is 176 Å². The molecule has 5 rings (SSSR count). The van der Waals surface area contributed by atoms with E-state index < -0.39 is 0 Å². The van der Waals surface area contributed by atoms with Crippen molar-refractivity contribution in [1.29, 1.82) is 0 Å². The van der Waals surface area contributed by atoms with Gasteiger partial charge >= 0.3 is 0 Å². The highest BCUT2D eigenvalue weighted by Crippen LogP contribution is 2.45. The van der Waals surface area contributed by atoms with E-state index >= 15 is 0 Å². The second-order valence-corrected chi connectivity index (χ2v) is 8.52. The van der Waals surface area contributed by atoms with Crippen LogP contribution in [0.2, 0.25) is 0 Å². The summed E-state index contributed by atoms with van der Waals surface area (Å²) in [5.74, 6) is 2.17. The number of hydrogen-bond acceptors (Lipinski definition) is 4. The first-order chi connectivity index (χ1) is 14.7. The number of nitrogens with zero attached hydrogens (tertiary/aromatic N) is 5. The van der Waals surface area contributed by atoms with E-state index in [0.717, 1.165) is 38.4 Å². The summed E-state index contributed by atoms with van der Waals surface area (Å²) in [6.45, 7) is 6.35. The molecule has 1 amide bonds. The Balaban J connectivity index is 1.35. The molecule has 3 aromatic rings. The van der Waals surface area contributed by atoms with Crippen LogP contribution in [0.1, 0.15) is 23.0 Å². The van der Waals surface area contributed by atoms with Gasteiger partial charge in [-0.15, -0.1) is 0 Å². The van der Waals surface area contributed by atoms with Crippen LogP contribution >= 0.6 is 0 Å². The molecule has 2 aromatic heterocycles. The molecule has 3 atom stereocenters. The average molecular weight is 405 g/mol. The van der Waals surface area contributed by atoms with Crippen LogP contribution in [0.25, 0.3) is 0 Å². The number of aromatic amines is 1. The molecule has 1 aromatic carbocycles. The lowest BCUT2D eigenvalue weighted by Gasteiger charge is -2.31. The molecule has 0 bridgehead atoms. The number of aryl methyl sites for hydroxylation is 1. The molecular weight excluding hydrogens is 376 g/mol. The highest BCUT2D eigenvalue weighted by atomic mass is 16.2. The number of carbonyl (C=O) groups is 1. The zero-order valence-corrected chi connectivity index (χ0v) is 17.3. The number of nitrogens with one attached hydrogen (secondary N) is 1. The molecule has 2 aliphatic heterocycles. The van der Waals surface area contributed by atoms with Gasteiger partial charge in [0.2, 0.25) is 5.91 Å². The molecule has 0 spiro atoms. The fourth-order valence-electron chi connectivity index (χ4n) is 5.22. The lowest BCUT2D eigenvalue weighted by molar-refractivity contribution is -0.133. The molecule has 0 saturated carbocycles. The first kappa shape index (κ1) is 19.1. The summed E-state index contributed by atoms with van der Waals surface area (Å²) in [5.41, 5.74) is 2.54. The van der Waals surface area contributed by atoms with Gasteiger partial charge in [0.25, 0.3) is 0 Å². The van der Waals surface area contributed by atoms with Crippen LogP contribution in [0.3, 0.4) is 0 Å². The third-order valence-electron chi connectivity index (χ3n) is 6.64. The Bertz CT molecular complexity index is 983. The molecule has 156 valence electrons. The molecular formula is C23H28N6O. The number of rotatable bonds is 6. The van der Waals surface area contributed by atoms with Crippen LogP contribution in [-0.4, -0.2) is 61.6 Å². The van der Waals surface area contributed by atoms with Crippen molar-refractivity contribution < 1.29 is 4.79 Å². The molecule has 2 aliphatic rings. The van der Waals surface area contributed by atoms with E-state index in [9.17, 15) is 4.79 Å². The Morgan fingerprint density at radius 3 is 2.83 bits per heavy atom. The fourth-order valence-corrected chi connectivity index (χ4v) is 5.22. The van der Waals surface area contributed by atoms with Crippen LogP contribution in [0.15, 0.2) is 55.1 Å². The zero-order valence-electron chi connectivity index (χ0n) is 17.3. The van der Waals surface area contributed by atoms with E-state index in [-0.39, 0.29) is 11.9 Å². The fraction of sp³-hybridized carbons (Fsp3) is 0.435. The number of H-pyrrole nitrogens is 1. The van der Waals surface area contributed by atoms with Gasteiger partial charge in [-0.3, -0.25) is 9.48 Å². The lowest BCUT2D eigenvalue weighted by Crippen LogP contribution is -2.38. The predicted molar refractivity (Wildman–Crippen MR) is 114 cm³/mol. The first-order valence-electron chi connectivity index (χ1n) is 10.7. The number of carbonyl (C=O) groups excluding carboxylic acids is 1. The molecule has 0 unspecified atom stereocenters. The predicted octanol–water partition coefficient (Wildman–Crippen LogP) is 2.29. The monoisotopic (exact) mass is 404 g/mol. The maximum absolute atomic E-state index is 13.2. The van der Waals surface area contributed by atoms with E-state index in [1.165, 1.54) is 11.1 Å². The minimum absolute atomic E-state index is 0.132. The van der Waals surface area contributed by atoms with Gasteiger partial charge in [0.1, 0.15) is 12.4 Å². The van der Waals surface area contributed by atoms with E-state index in [1.54, 1.807) is 10.9 Å². The zero-order chi connectivity index (χ0) is 20.5. The summed E-state index contributed by atoms with van der Waals surface area (Å²) in [5, 5.41) is 4.23. The molecule has 2 fully saturated rings. The summed E-state index contributed by atoms with van der Waals surface area (Å²) in [6, 6.07) is 10.5. The van der Waals surface area contributed by atoms with Crippen molar-refractivity contribution in [3.8, 4) is 0 Å². The summed E-state index contributed by atoms with van der Waals surface area (Å²) >= 11 is 0. The number of likely N-dealkylation sites (tertiary alicyclic amines) is 2. The van der Waals surface area contributed by atoms with E-state index in [4.69, 9.17) is 0 Å². The molecule has 4 heterocycles. The average Bonchev–Trinajstić information content (AvgIpc) is 3.51. The van der Waals surface area contributed by atoms with Crippen molar-refractivity contribution in [2.24, 2.45) is 11.8 Å². The topological polar surface area (TPSA) is 70.1 Å². The summed E-state index contributed by atoms with van der Waals surface area (Å²) in [7, 11) is 0. The van der Waals surface area contributed by atoms with Crippen LogP contribution < -0.4 is 0 Å². The van der Waals surface area contributed by atoms with E-state index in [1.807, 2.05) is 24.7 Å². The largest absolute Gasteiger partial charge is 0.349 e. The Morgan fingerprint density at radius 1 is 1.17 bits per heavy atom. The van der Waals surface area contributed by atoms with E-state index in [0.29, 0.717) is 18.4 Å². The van der Waals surface area contributed by atoms with Crippen molar-refractivity contribution in [2.75, 3.05) is 26.2 Å². The number of benzene rings is 1. The molecule has 7 nitrogen and oxygen atoms in total. The summed E-state index contributed by atoms with van der Waals surface area (Å²) < 4.78 is 1.72. The normalized spacial score (nSPS) is 23.8. The quantitative estimate of drug-likeness (QED) is 0.684. The number of imidazole rings is 1. The van der Waals surface area contributed by atoms with Crippen molar-refractivity contribution in [3.05, 3.63) is 72.1 Å². The highest BCUT2D eigenvalue weighted by Gasteiger charge is 2.49. The molecule has 7 heteroatoms. The van der Waals surface area contributed by atoms with Crippen molar-refractivity contribution >= 4 is 5.91 Å². The van der Waals surface area contributed by atoms with Gasteiger partial charge in [-0.2, -0.15) is 5.10 Å². The number of hydrogen-bond donors (Lipinski definition) is 1. The molecule has 30 heavy (non-hydrogen) atoms. The highest BCUT2D eigenvalue weighted by molar-refractivity contribution is 5.77. The van der Waals surface area contributed by atoms with Gasteiger partial charge in [-0.25, -0.2) is 4.98 Å². The lowest BCUT2D eigenvalue weighted by atomic mass is 9.87. The van der Waals surface area contributed by atoms with Crippen molar-refractivity contribution in [3.63, 3.8) is 0 Å². The first-order valence-corrected chi connectivity index (χ1v) is 10.7. The smallest absolute Gasteiger partial charge is 0.244 e. The van der Waals surface area contributed by atoms with Crippen molar-refractivity contribution in [2.45, 2.75) is 25.9 Å². The number of fused-ring (bicyclic) bond motifs is 1. The third-order valence-corrected chi connectivity index (χ3v) is 6.64. The van der Waals surface area contributed by atoms with Gasteiger partial charge < -0.3 is 14.8 Å². The Kier molecular flexibility index (Phi) is 5.12. The number of amides is 1. The SMILES string of the molecule is Cc1ccccc1[C@@H]1[C@H]2CN(CCc3ncc[nH]3)C[C@H]2CN1C(=O)Cn1cccn1. The van der Waals surface area contributed by atoms with Gasteiger partial charge in [0.05, 0.1) is 6.04 Å². The minimum atomic E-state index is 0.132. The summed E-state index contributed by atoms with van der Waals surface area (Å²) in [6.07, 6.45) is 8.20. The third kappa shape index (κ3) is 3.65. The van der Waals surface area contributed by atoms with Crippen LogP contribution in [-0.2, 0) is 17.8 Å². The summed E-state index contributed by atoms with van der Waals surface area (Å²) in [4.78, 5) is 25.4. The molecule has 2 saturated heterocycles. The second kappa shape index (κ2) is 8.07. The van der Waals surface area contributed by atoms with Gasteiger partial charge in [0.15, 0.2) is 0 Å². The van der Waals surface area contributed by atoms with Gasteiger partial charge in [-0.05, 0) is 30.0 Å². The molecule has 1 N–H and O–H groups in total. The minimum Gasteiger partial charge on any atom is -0.349 e. The molecule has 0 aliphatic carbocycles. The number of aromatic nitrogens is 4. The Morgan fingerprint density at radius 2 is 2.07 bits per heavy atom. The van der Waals surface area contributed by atoms with Crippen LogP contribution in [0, 0.1) is 18.8 Å².